The Balaban J connectivity index is 2.13. The lowest BCUT2D eigenvalue weighted by atomic mass is 9.96. The van der Waals surface area contributed by atoms with Gasteiger partial charge in [-0.15, -0.1) is 0 Å². The average molecular weight is 279 g/mol. The molecule has 20 heavy (non-hydrogen) atoms. The first-order chi connectivity index (χ1) is 9.39. The van der Waals surface area contributed by atoms with Crippen LogP contribution in [0.5, 0.6) is 0 Å². The summed E-state index contributed by atoms with van der Waals surface area (Å²) in [6.07, 6.45) is -0.737. The third-order valence-electron chi connectivity index (χ3n) is 2.49. The van der Waals surface area contributed by atoms with Crippen LogP contribution in [0.15, 0.2) is 30.3 Å². The number of hydrogen-bond donors (Lipinski definition) is 1. The molecule has 1 amide bonds. The molecular formula is C15H21NO4. The van der Waals surface area contributed by atoms with E-state index in [1.807, 2.05) is 51.1 Å². The maximum absolute atomic E-state index is 11.5. The topological polar surface area (TPSA) is 64.6 Å². The van der Waals surface area contributed by atoms with Gasteiger partial charge in [-0.05, 0) is 5.56 Å². The maximum Gasteiger partial charge on any atom is 0.508 e. The van der Waals surface area contributed by atoms with Crippen molar-refractivity contribution in [3.63, 3.8) is 0 Å². The summed E-state index contributed by atoms with van der Waals surface area (Å²) in [5.74, 6) is -0.0845. The third kappa shape index (κ3) is 6.22. The van der Waals surface area contributed by atoms with Crippen LogP contribution in [0.2, 0.25) is 0 Å². The minimum absolute atomic E-state index is 0.0845. The first kappa shape index (κ1) is 16.0. The van der Waals surface area contributed by atoms with Gasteiger partial charge in [-0.1, -0.05) is 51.1 Å². The van der Waals surface area contributed by atoms with Crippen molar-refractivity contribution in [2.75, 3.05) is 13.2 Å². The van der Waals surface area contributed by atoms with Crippen LogP contribution in [-0.2, 0) is 20.9 Å². The smallest absolute Gasteiger partial charge is 0.432 e. The summed E-state index contributed by atoms with van der Waals surface area (Å²) in [5, 5.41) is 2.68. The zero-order chi connectivity index (χ0) is 15.0. The fourth-order valence-corrected chi connectivity index (χ4v) is 1.32. The molecule has 0 bridgehead atoms. The summed E-state index contributed by atoms with van der Waals surface area (Å²) in [4.78, 5) is 22.8. The second kappa shape index (κ2) is 7.53. The van der Waals surface area contributed by atoms with E-state index < -0.39 is 11.6 Å². The van der Waals surface area contributed by atoms with Crippen LogP contribution >= 0.6 is 0 Å². The van der Waals surface area contributed by atoms with Gasteiger partial charge >= 0.3 is 6.16 Å². The van der Waals surface area contributed by atoms with Gasteiger partial charge in [0.2, 0.25) is 5.91 Å². The summed E-state index contributed by atoms with van der Waals surface area (Å²) < 4.78 is 9.78. The molecule has 5 heteroatoms. The van der Waals surface area contributed by atoms with Gasteiger partial charge in [-0.25, -0.2) is 4.79 Å². The lowest BCUT2D eigenvalue weighted by molar-refractivity contribution is -0.128. The van der Waals surface area contributed by atoms with Crippen LogP contribution in [0, 0.1) is 5.41 Å². The van der Waals surface area contributed by atoms with Gasteiger partial charge in [0.05, 0.1) is 6.54 Å². The molecule has 1 rings (SSSR count). The Labute approximate surface area is 119 Å². The van der Waals surface area contributed by atoms with Crippen molar-refractivity contribution in [3.8, 4) is 0 Å². The minimum Gasteiger partial charge on any atom is -0.432 e. The van der Waals surface area contributed by atoms with Gasteiger partial charge in [-0.2, -0.15) is 0 Å². The van der Waals surface area contributed by atoms with E-state index in [4.69, 9.17) is 9.47 Å². The second-order valence-electron chi connectivity index (χ2n) is 5.38. The van der Waals surface area contributed by atoms with Crippen LogP contribution in [0.1, 0.15) is 26.3 Å². The molecule has 110 valence electrons. The van der Waals surface area contributed by atoms with Crippen LogP contribution in [0.4, 0.5) is 4.79 Å². The highest BCUT2D eigenvalue weighted by Crippen LogP contribution is 2.11. The molecular weight excluding hydrogens is 258 g/mol. The molecule has 0 spiro atoms. The molecule has 1 aromatic rings. The number of carbonyl (C=O) groups excluding carboxylic acids is 2. The van der Waals surface area contributed by atoms with Crippen molar-refractivity contribution >= 4 is 12.1 Å². The Morgan fingerprint density at radius 1 is 1.10 bits per heavy atom. The highest BCUT2D eigenvalue weighted by Gasteiger charge is 2.20. The molecule has 0 heterocycles. The molecule has 0 radical (unpaired) electrons. The fourth-order valence-electron chi connectivity index (χ4n) is 1.32. The first-order valence-electron chi connectivity index (χ1n) is 6.51. The van der Waals surface area contributed by atoms with E-state index >= 15 is 0 Å². The molecule has 1 aromatic carbocycles. The van der Waals surface area contributed by atoms with Crippen LogP contribution in [0.3, 0.4) is 0 Å². The zero-order valence-electron chi connectivity index (χ0n) is 12.1. The van der Waals surface area contributed by atoms with Crippen molar-refractivity contribution in [3.05, 3.63) is 35.9 Å². The first-order valence-corrected chi connectivity index (χ1v) is 6.51. The van der Waals surface area contributed by atoms with Crippen LogP contribution in [0.25, 0.3) is 0 Å². The summed E-state index contributed by atoms with van der Waals surface area (Å²) in [5.41, 5.74) is 0.443. The van der Waals surface area contributed by atoms with Gasteiger partial charge in [0.15, 0.2) is 0 Å². The number of hydrogen-bond acceptors (Lipinski definition) is 4. The van der Waals surface area contributed by atoms with Crippen LogP contribution < -0.4 is 5.32 Å². The highest BCUT2D eigenvalue weighted by atomic mass is 16.7. The number of rotatable bonds is 5. The molecule has 0 aliphatic rings. The predicted molar refractivity (Wildman–Crippen MR) is 75.0 cm³/mol. The summed E-state index contributed by atoms with van der Waals surface area (Å²) >= 11 is 0. The molecule has 0 aliphatic carbocycles. The van der Waals surface area contributed by atoms with Crippen LogP contribution in [-0.4, -0.2) is 25.2 Å². The Hall–Kier alpha value is -2.04. The van der Waals surface area contributed by atoms with Gasteiger partial charge < -0.3 is 14.8 Å². The molecule has 5 nitrogen and oxygen atoms in total. The number of carbonyl (C=O) groups is 2. The van der Waals surface area contributed by atoms with Crippen molar-refractivity contribution in [1.29, 1.82) is 0 Å². The summed E-state index contributed by atoms with van der Waals surface area (Å²) in [6.45, 7) is 5.99. The number of benzene rings is 1. The molecule has 0 saturated carbocycles. The highest BCUT2D eigenvalue weighted by molar-refractivity contribution is 5.81. The van der Waals surface area contributed by atoms with E-state index in [0.717, 1.165) is 5.56 Å². The number of nitrogens with one attached hydrogen (secondary N) is 1. The van der Waals surface area contributed by atoms with Crippen molar-refractivity contribution in [2.45, 2.75) is 27.4 Å². The molecule has 0 aliphatic heterocycles. The largest absolute Gasteiger partial charge is 0.508 e. The third-order valence-corrected chi connectivity index (χ3v) is 2.49. The maximum atomic E-state index is 11.5. The van der Waals surface area contributed by atoms with Crippen molar-refractivity contribution in [2.24, 2.45) is 5.41 Å². The molecule has 0 aromatic heterocycles. The summed E-state index contributed by atoms with van der Waals surface area (Å²) in [6, 6.07) is 9.34. The molecule has 0 saturated heterocycles. The fraction of sp³-hybridized carbons (Fsp3) is 0.467. The SMILES string of the molecule is CC(C)(C)C(=O)NCCOC(=O)OCc1ccccc1. The van der Waals surface area contributed by atoms with Crippen molar-refractivity contribution in [1.82, 2.24) is 5.32 Å². The molecule has 0 atom stereocenters. The van der Waals surface area contributed by atoms with E-state index in [9.17, 15) is 9.59 Å². The lowest BCUT2D eigenvalue weighted by Gasteiger charge is -2.17. The van der Waals surface area contributed by atoms with E-state index in [1.165, 1.54) is 0 Å². The zero-order valence-corrected chi connectivity index (χ0v) is 12.1. The Morgan fingerprint density at radius 2 is 1.75 bits per heavy atom. The Kier molecular flexibility index (Phi) is 6.03. The quantitative estimate of drug-likeness (QED) is 0.664. The van der Waals surface area contributed by atoms with E-state index in [-0.39, 0.29) is 25.7 Å². The Morgan fingerprint density at radius 3 is 2.35 bits per heavy atom. The number of ether oxygens (including phenoxy) is 2. The standard InChI is InChI=1S/C15H21NO4/c1-15(2,3)13(17)16-9-10-19-14(18)20-11-12-7-5-4-6-8-12/h4-8H,9-11H2,1-3H3,(H,16,17). The number of amides is 1. The second-order valence-corrected chi connectivity index (χ2v) is 5.38. The van der Waals surface area contributed by atoms with Gasteiger partial charge in [0.25, 0.3) is 0 Å². The van der Waals surface area contributed by atoms with E-state index in [1.54, 1.807) is 0 Å². The molecule has 1 N–H and O–H groups in total. The predicted octanol–water partition coefficient (Wildman–Crippen LogP) is 2.50. The van der Waals surface area contributed by atoms with Crippen molar-refractivity contribution < 1.29 is 19.1 Å². The van der Waals surface area contributed by atoms with E-state index in [2.05, 4.69) is 5.32 Å². The normalized spacial score (nSPS) is 10.8. The summed E-state index contributed by atoms with van der Waals surface area (Å²) in [7, 11) is 0. The lowest BCUT2D eigenvalue weighted by Crippen LogP contribution is -2.37. The molecule has 0 fully saturated rings. The minimum atomic E-state index is -0.737. The monoisotopic (exact) mass is 279 g/mol. The van der Waals surface area contributed by atoms with Gasteiger partial charge in [0.1, 0.15) is 13.2 Å². The average Bonchev–Trinajstić information content (AvgIpc) is 2.41. The van der Waals surface area contributed by atoms with Gasteiger partial charge in [0, 0.05) is 5.41 Å². The van der Waals surface area contributed by atoms with E-state index in [0.29, 0.717) is 0 Å². The van der Waals surface area contributed by atoms with Gasteiger partial charge in [-0.3, -0.25) is 4.79 Å². The molecule has 0 unspecified atom stereocenters. The Bertz CT molecular complexity index is 437.